The number of halogens is 2. The monoisotopic (exact) mass is 407 g/mol. The average Bonchev–Trinajstić information content (AvgIpc) is 2.67. The molecule has 3 rings (SSSR count). The molecule has 0 radical (unpaired) electrons. The first kappa shape index (κ1) is 19.1. The minimum atomic E-state index is -0.655. The number of carbonyl (C=O) groups excluding carboxylic acids is 2. The highest BCUT2D eigenvalue weighted by Gasteiger charge is 2.11. The van der Waals surface area contributed by atoms with Crippen LogP contribution in [0.1, 0.15) is 5.56 Å². The van der Waals surface area contributed by atoms with Gasteiger partial charge < -0.3 is 19.5 Å². The van der Waals surface area contributed by atoms with Crippen molar-refractivity contribution in [3.63, 3.8) is 0 Å². The highest BCUT2D eigenvalue weighted by Crippen LogP contribution is 2.31. The number of fused-ring (bicyclic) bond motifs is 1. The maximum absolute atomic E-state index is 11.9. The Morgan fingerprint density at radius 2 is 1.85 bits per heavy atom. The zero-order valence-corrected chi connectivity index (χ0v) is 15.5. The number of amides is 1. The molecule has 0 spiro atoms. The van der Waals surface area contributed by atoms with Gasteiger partial charge in [-0.1, -0.05) is 29.3 Å². The summed E-state index contributed by atoms with van der Waals surface area (Å²) in [4.78, 5) is 23.7. The van der Waals surface area contributed by atoms with Gasteiger partial charge in [0.25, 0.3) is 5.91 Å². The van der Waals surface area contributed by atoms with E-state index in [-0.39, 0.29) is 0 Å². The molecule has 2 aromatic carbocycles. The number of ether oxygens (including phenoxy) is 3. The van der Waals surface area contributed by atoms with Crippen LogP contribution in [0, 0.1) is 0 Å². The highest BCUT2D eigenvalue weighted by atomic mass is 35.5. The Morgan fingerprint density at radius 1 is 1.07 bits per heavy atom. The molecular formula is C19H15Cl2NO5. The fourth-order valence-corrected chi connectivity index (χ4v) is 2.63. The van der Waals surface area contributed by atoms with Gasteiger partial charge in [0.1, 0.15) is 13.2 Å². The third-order valence-corrected chi connectivity index (χ3v) is 4.09. The molecule has 1 aliphatic heterocycles. The SMILES string of the molecule is O=C(COC(=O)/C=C/c1ccc2c(c1)OCCO2)Nc1cc(Cl)ccc1Cl. The van der Waals surface area contributed by atoms with Crippen molar-refractivity contribution in [2.24, 2.45) is 0 Å². The number of nitrogens with one attached hydrogen (secondary N) is 1. The summed E-state index contributed by atoms with van der Waals surface area (Å²) in [6.45, 7) is 0.540. The second kappa shape index (κ2) is 8.79. The predicted molar refractivity (Wildman–Crippen MR) is 103 cm³/mol. The van der Waals surface area contributed by atoms with Gasteiger partial charge >= 0.3 is 5.97 Å². The molecule has 0 fully saturated rings. The molecule has 1 heterocycles. The number of benzene rings is 2. The molecule has 0 atom stereocenters. The summed E-state index contributed by atoms with van der Waals surface area (Å²) in [5, 5.41) is 3.28. The van der Waals surface area contributed by atoms with Crippen molar-refractivity contribution in [1.29, 1.82) is 0 Å². The van der Waals surface area contributed by atoms with Gasteiger partial charge in [-0.05, 0) is 42.0 Å². The molecule has 0 saturated carbocycles. The van der Waals surface area contributed by atoms with E-state index in [4.69, 9.17) is 37.4 Å². The number of esters is 1. The molecule has 140 valence electrons. The van der Waals surface area contributed by atoms with Crippen LogP contribution in [-0.2, 0) is 14.3 Å². The topological polar surface area (TPSA) is 73.9 Å². The van der Waals surface area contributed by atoms with E-state index in [9.17, 15) is 9.59 Å². The van der Waals surface area contributed by atoms with Crippen LogP contribution in [-0.4, -0.2) is 31.7 Å². The van der Waals surface area contributed by atoms with Crippen molar-refractivity contribution in [2.45, 2.75) is 0 Å². The second-order valence-electron chi connectivity index (χ2n) is 5.52. The molecule has 8 heteroatoms. The van der Waals surface area contributed by atoms with Crippen molar-refractivity contribution in [2.75, 3.05) is 25.1 Å². The van der Waals surface area contributed by atoms with E-state index in [0.29, 0.717) is 40.4 Å². The van der Waals surface area contributed by atoms with Crippen LogP contribution >= 0.6 is 23.2 Å². The van der Waals surface area contributed by atoms with Gasteiger partial charge in [-0.2, -0.15) is 0 Å². The zero-order chi connectivity index (χ0) is 19.2. The van der Waals surface area contributed by atoms with Crippen molar-refractivity contribution >= 4 is 46.8 Å². The molecule has 1 amide bonds. The third-order valence-electron chi connectivity index (χ3n) is 3.53. The maximum atomic E-state index is 11.9. The van der Waals surface area contributed by atoms with Gasteiger partial charge in [-0.25, -0.2) is 4.79 Å². The van der Waals surface area contributed by atoms with Gasteiger partial charge in [-0.3, -0.25) is 4.79 Å². The second-order valence-corrected chi connectivity index (χ2v) is 6.36. The number of carbonyl (C=O) groups is 2. The Morgan fingerprint density at radius 3 is 2.67 bits per heavy atom. The first-order valence-electron chi connectivity index (χ1n) is 8.00. The number of hydrogen-bond donors (Lipinski definition) is 1. The standard InChI is InChI=1S/C19H15Cl2NO5/c20-13-3-4-14(21)15(10-13)22-18(23)11-27-19(24)6-2-12-1-5-16-17(9-12)26-8-7-25-16/h1-6,9-10H,7-8,11H2,(H,22,23)/b6-2+. The van der Waals surface area contributed by atoms with Crippen LogP contribution in [0.3, 0.4) is 0 Å². The first-order valence-corrected chi connectivity index (χ1v) is 8.76. The van der Waals surface area contributed by atoms with Crippen LogP contribution < -0.4 is 14.8 Å². The quantitative estimate of drug-likeness (QED) is 0.599. The summed E-state index contributed by atoms with van der Waals surface area (Å²) in [5.74, 6) is 0.101. The normalized spacial score (nSPS) is 12.7. The fourth-order valence-electron chi connectivity index (χ4n) is 2.29. The summed E-state index contributed by atoms with van der Waals surface area (Å²) in [6.07, 6.45) is 2.79. The van der Waals surface area contributed by atoms with E-state index in [1.54, 1.807) is 36.4 Å². The van der Waals surface area contributed by atoms with E-state index in [1.165, 1.54) is 12.1 Å². The van der Waals surface area contributed by atoms with E-state index in [1.807, 2.05) is 0 Å². The van der Waals surface area contributed by atoms with Crippen molar-refractivity contribution in [3.8, 4) is 11.5 Å². The first-order chi connectivity index (χ1) is 13.0. The largest absolute Gasteiger partial charge is 0.486 e. The third kappa shape index (κ3) is 5.39. The summed E-state index contributed by atoms with van der Waals surface area (Å²) in [7, 11) is 0. The minimum Gasteiger partial charge on any atom is -0.486 e. The molecule has 1 N–H and O–H groups in total. The Balaban J connectivity index is 1.51. The smallest absolute Gasteiger partial charge is 0.331 e. The van der Waals surface area contributed by atoms with E-state index in [0.717, 1.165) is 5.56 Å². The molecule has 0 aliphatic carbocycles. The fraction of sp³-hybridized carbons (Fsp3) is 0.158. The Labute approximate surface area is 165 Å². The minimum absolute atomic E-state index is 0.331. The van der Waals surface area contributed by atoms with Crippen LogP contribution in [0.4, 0.5) is 5.69 Å². The number of anilines is 1. The van der Waals surface area contributed by atoms with Crippen molar-refractivity contribution < 1.29 is 23.8 Å². The van der Waals surface area contributed by atoms with Gasteiger partial charge in [0.15, 0.2) is 18.1 Å². The van der Waals surface area contributed by atoms with Crippen LogP contribution in [0.5, 0.6) is 11.5 Å². The Hall–Kier alpha value is -2.70. The number of hydrogen-bond acceptors (Lipinski definition) is 5. The number of rotatable bonds is 5. The van der Waals surface area contributed by atoms with Crippen molar-refractivity contribution in [3.05, 3.63) is 58.1 Å². The Kier molecular flexibility index (Phi) is 6.21. The highest BCUT2D eigenvalue weighted by molar-refractivity contribution is 6.35. The molecule has 1 aliphatic rings. The summed E-state index contributed by atoms with van der Waals surface area (Å²) in [5.41, 5.74) is 1.09. The molecule has 0 saturated heterocycles. The molecule has 27 heavy (non-hydrogen) atoms. The van der Waals surface area contributed by atoms with Gasteiger partial charge in [0, 0.05) is 11.1 Å². The molecular weight excluding hydrogens is 393 g/mol. The maximum Gasteiger partial charge on any atom is 0.331 e. The zero-order valence-electron chi connectivity index (χ0n) is 14.0. The lowest BCUT2D eigenvalue weighted by atomic mass is 10.2. The molecule has 2 aromatic rings. The van der Waals surface area contributed by atoms with E-state index >= 15 is 0 Å². The lowest BCUT2D eigenvalue weighted by Crippen LogP contribution is -2.20. The van der Waals surface area contributed by atoms with Crippen LogP contribution in [0.25, 0.3) is 6.08 Å². The summed E-state index contributed by atoms with van der Waals surface area (Å²) in [6, 6.07) is 9.97. The lowest BCUT2D eigenvalue weighted by Gasteiger charge is -2.18. The Bertz CT molecular complexity index is 898. The molecule has 0 aromatic heterocycles. The van der Waals surface area contributed by atoms with E-state index < -0.39 is 18.5 Å². The van der Waals surface area contributed by atoms with Crippen LogP contribution in [0.15, 0.2) is 42.5 Å². The van der Waals surface area contributed by atoms with E-state index in [2.05, 4.69) is 5.32 Å². The van der Waals surface area contributed by atoms with Gasteiger partial charge in [0.05, 0.1) is 10.7 Å². The van der Waals surface area contributed by atoms with Gasteiger partial charge in [0.2, 0.25) is 0 Å². The van der Waals surface area contributed by atoms with Crippen molar-refractivity contribution in [1.82, 2.24) is 0 Å². The lowest BCUT2D eigenvalue weighted by molar-refractivity contribution is -0.142. The average molecular weight is 408 g/mol. The summed E-state index contributed by atoms with van der Waals surface area (Å²) >= 11 is 11.8. The molecule has 0 bridgehead atoms. The van der Waals surface area contributed by atoms with Crippen LogP contribution in [0.2, 0.25) is 10.0 Å². The van der Waals surface area contributed by atoms with Gasteiger partial charge in [-0.15, -0.1) is 0 Å². The molecule has 0 unspecified atom stereocenters. The predicted octanol–water partition coefficient (Wildman–Crippen LogP) is 3.96. The summed E-state index contributed by atoms with van der Waals surface area (Å²) < 4.78 is 15.8. The molecule has 6 nitrogen and oxygen atoms in total.